The second kappa shape index (κ2) is 2.84. The lowest BCUT2D eigenvalue weighted by atomic mass is 9.99. The van der Waals surface area contributed by atoms with Crippen LogP contribution in [0.5, 0.6) is 0 Å². The Bertz CT molecular complexity index is 406. The van der Waals surface area contributed by atoms with Crippen LogP contribution in [0.3, 0.4) is 0 Å². The highest BCUT2D eigenvalue weighted by molar-refractivity contribution is 5.76. The lowest BCUT2D eigenvalue weighted by Crippen LogP contribution is -1.88. The summed E-state index contributed by atoms with van der Waals surface area (Å²) in [5.74, 6) is 1.71. The maximum atomic E-state index is 2.43. The van der Waals surface area contributed by atoms with Crippen LogP contribution in [-0.2, 0) is 0 Å². The third-order valence-corrected chi connectivity index (χ3v) is 3.19. The van der Waals surface area contributed by atoms with Crippen molar-refractivity contribution in [3.63, 3.8) is 0 Å². The first-order valence-electron chi connectivity index (χ1n) is 5.30. The molecule has 1 fully saturated rings. The predicted molar refractivity (Wildman–Crippen MR) is 59.9 cm³/mol. The van der Waals surface area contributed by atoms with Gasteiger partial charge in [-0.1, -0.05) is 48.1 Å². The fourth-order valence-electron chi connectivity index (χ4n) is 2.10. The average molecular weight is 182 g/mol. The van der Waals surface area contributed by atoms with E-state index in [4.69, 9.17) is 0 Å². The summed E-state index contributed by atoms with van der Waals surface area (Å²) in [6, 6.07) is 8.80. The molecule has 0 spiro atoms. The molecule has 0 nitrogen and oxygen atoms in total. The predicted octanol–water partition coefficient (Wildman–Crippen LogP) is 3.58. The summed E-state index contributed by atoms with van der Waals surface area (Å²) >= 11 is 0. The first-order chi connectivity index (χ1) is 6.83. The second-order valence-electron chi connectivity index (χ2n) is 4.41. The van der Waals surface area contributed by atoms with Gasteiger partial charge in [-0.15, -0.1) is 0 Å². The Kier molecular flexibility index (Phi) is 1.63. The van der Waals surface area contributed by atoms with Gasteiger partial charge in [0.1, 0.15) is 0 Å². The van der Waals surface area contributed by atoms with Crippen LogP contribution in [0.1, 0.15) is 17.5 Å². The highest BCUT2D eigenvalue weighted by Gasteiger charge is 2.34. The van der Waals surface area contributed by atoms with Gasteiger partial charge in [0.25, 0.3) is 0 Å². The number of aryl methyl sites for hydroxylation is 1. The molecule has 0 bridgehead atoms. The van der Waals surface area contributed by atoms with E-state index in [-0.39, 0.29) is 0 Å². The van der Waals surface area contributed by atoms with Crippen molar-refractivity contribution < 1.29 is 0 Å². The van der Waals surface area contributed by atoms with E-state index < -0.39 is 0 Å². The highest BCUT2D eigenvalue weighted by atomic mass is 14.4. The van der Waals surface area contributed by atoms with E-state index in [9.17, 15) is 0 Å². The van der Waals surface area contributed by atoms with E-state index in [0.29, 0.717) is 0 Å². The van der Waals surface area contributed by atoms with Crippen molar-refractivity contribution in [3.05, 3.63) is 53.6 Å². The molecule has 2 unspecified atom stereocenters. The third kappa shape index (κ3) is 1.31. The lowest BCUT2D eigenvalue weighted by molar-refractivity contribution is 0.985. The van der Waals surface area contributed by atoms with E-state index in [1.807, 2.05) is 0 Å². The molecule has 14 heavy (non-hydrogen) atoms. The standard InChI is InChI=1S/C14H14/c1-10-2-4-11(5-3-10)12-6-7-13-9-14(13)8-12/h2-8,13-14H,9H2,1H3. The minimum Gasteiger partial charge on any atom is -0.0802 e. The zero-order valence-electron chi connectivity index (χ0n) is 8.40. The van der Waals surface area contributed by atoms with Crippen molar-refractivity contribution in [1.82, 2.24) is 0 Å². The normalized spacial score (nSPS) is 28.2. The van der Waals surface area contributed by atoms with Gasteiger partial charge < -0.3 is 0 Å². The molecule has 0 heterocycles. The van der Waals surface area contributed by atoms with Gasteiger partial charge in [-0.05, 0) is 36.3 Å². The largest absolute Gasteiger partial charge is 0.0802 e. The van der Waals surface area contributed by atoms with Gasteiger partial charge in [0.2, 0.25) is 0 Å². The molecule has 2 aliphatic rings. The minimum atomic E-state index is 0.844. The number of allylic oxidation sites excluding steroid dienone is 4. The maximum Gasteiger partial charge on any atom is -0.0155 e. The fraction of sp³-hybridized carbons (Fsp3) is 0.286. The number of hydrogen-bond acceptors (Lipinski definition) is 0. The van der Waals surface area contributed by atoms with Gasteiger partial charge in [0.15, 0.2) is 0 Å². The summed E-state index contributed by atoms with van der Waals surface area (Å²) in [7, 11) is 0. The summed E-state index contributed by atoms with van der Waals surface area (Å²) in [6.07, 6.45) is 8.43. The molecule has 2 aliphatic carbocycles. The molecule has 0 amide bonds. The number of hydrogen-bond donors (Lipinski definition) is 0. The van der Waals surface area contributed by atoms with Crippen molar-refractivity contribution in [1.29, 1.82) is 0 Å². The molecule has 0 aromatic heterocycles. The summed E-state index contributed by atoms with van der Waals surface area (Å²) in [4.78, 5) is 0. The molecule has 2 atom stereocenters. The Labute approximate surface area is 85.0 Å². The molecule has 0 aliphatic heterocycles. The van der Waals surface area contributed by atoms with E-state index in [2.05, 4.69) is 49.4 Å². The zero-order valence-corrected chi connectivity index (χ0v) is 8.40. The Morgan fingerprint density at radius 3 is 2.57 bits per heavy atom. The van der Waals surface area contributed by atoms with Gasteiger partial charge >= 0.3 is 0 Å². The van der Waals surface area contributed by atoms with Crippen LogP contribution in [0, 0.1) is 18.8 Å². The zero-order chi connectivity index (χ0) is 9.54. The SMILES string of the molecule is Cc1ccc(C2=CC3CC3C=C2)cc1. The molecule has 70 valence electrons. The topological polar surface area (TPSA) is 0 Å². The van der Waals surface area contributed by atoms with Crippen molar-refractivity contribution in [2.45, 2.75) is 13.3 Å². The van der Waals surface area contributed by atoms with Crippen molar-refractivity contribution >= 4 is 5.57 Å². The fourth-order valence-corrected chi connectivity index (χ4v) is 2.10. The third-order valence-electron chi connectivity index (χ3n) is 3.19. The van der Waals surface area contributed by atoms with Gasteiger partial charge in [0, 0.05) is 0 Å². The van der Waals surface area contributed by atoms with E-state index in [1.54, 1.807) is 0 Å². The monoisotopic (exact) mass is 182 g/mol. The van der Waals surface area contributed by atoms with Crippen LogP contribution in [0.2, 0.25) is 0 Å². The van der Waals surface area contributed by atoms with Gasteiger partial charge in [-0.2, -0.15) is 0 Å². The lowest BCUT2D eigenvalue weighted by Gasteiger charge is -2.06. The number of benzene rings is 1. The Balaban J connectivity index is 1.95. The molecule has 0 heteroatoms. The molecule has 0 N–H and O–H groups in total. The summed E-state index contributed by atoms with van der Waals surface area (Å²) in [5, 5.41) is 0. The quantitative estimate of drug-likeness (QED) is 0.622. The molecule has 1 aromatic rings. The molecule has 0 radical (unpaired) electrons. The summed E-state index contributed by atoms with van der Waals surface area (Å²) in [6.45, 7) is 2.13. The molecule has 1 aromatic carbocycles. The van der Waals surface area contributed by atoms with Crippen LogP contribution < -0.4 is 0 Å². The number of fused-ring (bicyclic) bond motifs is 1. The van der Waals surface area contributed by atoms with Gasteiger partial charge in [0.05, 0.1) is 0 Å². The van der Waals surface area contributed by atoms with Gasteiger partial charge in [-0.3, -0.25) is 0 Å². The molecular formula is C14H14. The highest BCUT2D eigenvalue weighted by Crippen LogP contribution is 2.45. The average Bonchev–Trinajstić information content (AvgIpc) is 2.96. The van der Waals surface area contributed by atoms with E-state index in [0.717, 1.165) is 11.8 Å². The van der Waals surface area contributed by atoms with Crippen molar-refractivity contribution in [2.75, 3.05) is 0 Å². The van der Waals surface area contributed by atoms with Gasteiger partial charge in [-0.25, -0.2) is 0 Å². The Morgan fingerprint density at radius 1 is 1.07 bits per heavy atom. The summed E-state index contributed by atoms with van der Waals surface area (Å²) in [5.41, 5.74) is 4.10. The van der Waals surface area contributed by atoms with E-state index >= 15 is 0 Å². The molecular weight excluding hydrogens is 168 g/mol. The molecule has 0 saturated heterocycles. The smallest absolute Gasteiger partial charge is 0.0155 e. The second-order valence-corrected chi connectivity index (χ2v) is 4.41. The van der Waals surface area contributed by atoms with Crippen LogP contribution in [0.25, 0.3) is 5.57 Å². The van der Waals surface area contributed by atoms with Crippen LogP contribution >= 0.6 is 0 Å². The van der Waals surface area contributed by atoms with Crippen LogP contribution in [0.4, 0.5) is 0 Å². The van der Waals surface area contributed by atoms with Crippen molar-refractivity contribution in [2.24, 2.45) is 11.8 Å². The first-order valence-corrected chi connectivity index (χ1v) is 5.30. The Morgan fingerprint density at radius 2 is 1.86 bits per heavy atom. The first kappa shape index (κ1) is 8.05. The number of rotatable bonds is 1. The van der Waals surface area contributed by atoms with Crippen LogP contribution in [-0.4, -0.2) is 0 Å². The Hall–Kier alpha value is -1.30. The van der Waals surface area contributed by atoms with Crippen LogP contribution in [0.15, 0.2) is 42.5 Å². The molecule has 3 rings (SSSR count). The van der Waals surface area contributed by atoms with Crippen molar-refractivity contribution in [3.8, 4) is 0 Å². The maximum absolute atomic E-state index is 2.43. The van der Waals surface area contributed by atoms with E-state index in [1.165, 1.54) is 23.1 Å². The summed E-state index contributed by atoms with van der Waals surface area (Å²) < 4.78 is 0. The molecule has 1 saturated carbocycles. The minimum absolute atomic E-state index is 0.844.